The zero-order valence-corrected chi connectivity index (χ0v) is 12.5. The normalized spacial score (nSPS) is 17.0. The number of rotatable bonds is 6. The molecule has 110 valence electrons. The Hall–Kier alpha value is -1.64. The Morgan fingerprint density at radius 1 is 0.857 bits per heavy atom. The smallest absolute Gasteiger partial charge is 0.0472 e. The first-order valence-corrected chi connectivity index (χ1v) is 7.97. The Bertz CT molecular complexity index is 518. The van der Waals surface area contributed by atoms with Gasteiger partial charge in [-0.2, -0.15) is 0 Å². The topological polar surface area (TPSA) is 15.3 Å². The molecule has 2 nitrogen and oxygen atoms in total. The van der Waals surface area contributed by atoms with Crippen molar-refractivity contribution in [1.29, 1.82) is 0 Å². The van der Waals surface area contributed by atoms with E-state index < -0.39 is 0 Å². The van der Waals surface area contributed by atoms with E-state index in [2.05, 4.69) is 70.9 Å². The zero-order chi connectivity index (χ0) is 14.3. The standard InChI is InChI=1S/C19H24N2/c1-3-9-17(10-4-1)15-20-16-19(21-13-7-8-14-21)18-11-5-2-6-12-18/h1-6,9-12,19-20H,7-8,13-16H2/t19-/m1/s1. The molecule has 21 heavy (non-hydrogen) atoms. The maximum atomic E-state index is 3.64. The number of benzene rings is 2. The average molecular weight is 280 g/mol. The van der Waals surface area contributed by atoms with Crippen LogP contribution in [0.3, 0.4) is 0 Å². The van der Waals surface area contributed by atoms with E-state index in [0.29, 0.717) is 6.04 Å². The minimum Gasteiger partial charge on any atom is -0.311 e. The van der Waals surface area contributed by atoms with Gasteiger partial charge in [0, 0.05) is 19.1 Å². The van der Waals surface area contributed by atoms with Crippen LogP contribution in [0.1, 0.15) is 30.0 Å². The van der Waals surface area contributed by atoms with Crippen LogP contribution >= 0.6 is 0 Å². The van der Waals surface area contributed by atoms with E-state index in [1.54, 1.807) is 0 Å². The van der Waals surface area contributed by atoms with Gasteiger partial charge in [-0.25, -0.2) is 0 Å². The Morgan fingerprint density at radius 3 is 2.14 bits per heavy atom. The van der Waals surface area contributed by atoms with Crippen molar-refractivity contribution in [3.8, 4) is 0 Å². The lowest BCUT2D eigenvalue weighted by atomic mass is 10.1. The Balaban J connectivity index is 1.62. The molecule has 0 amide bonds. The molecule has 0 aliphatic carbocycles. The van der Waals surface area contributed by atoms with Crippen molar-refractivity contribution >= 4 is 0 Å². The van der Waals surface area contributed by atoms with Crippen molar-refractivity contribution in [1.82, 2.24) is 10.2 Å². The van der Waals surface area contributed by atoms with Crippen LogP contribution in [0.4, 0.5) is 0 Å². The minimum atomic E-state index is 0.498. The van der Waals surface area contributed by atoms with Crippen LogP contribution in [0.15, 0.2) is 60.7 Å². The summed E-state index contributed by atoms with van der Waals surface area (Å²) in [7, 11) is 0. The Kier molecular flexibility index (Phi) is 5.03. The molecule has 1 fully saturated rings. The summed E-state index contributed by atoms with van der Waals surface area (Å²) >= 11 is 0. The van der Waals surface area contributed by atoms with E-state index in [1.165, 1.54) is 37.1 Å². The molecule has 0 spiro atoms. The predicted octanol–water partition coefficient (Wildman–Crippen LogP) is 3.61. The number of hydrogen-bond acceptors (Lipinski definition) is 2. The highest BCUT2D eigenvalue weighted by molar-refractivity contribution is 5.20. The molecule has 1 saturated heterocycles. The van der Waals surface area contributed by atoms with E-state index in [1.807, 2.05) is 0 Å². The van der Waals surface area contributed by atoms with Gasteiger partial charge in [0.2, 0.25) is 0 Å². The Labute approximate surface area is 127 Å². The summed E-state index contributed by atoms with van der Waals surface area (Å²) in [6.45, 7) is 4.41. The Morgan fingerprint density at radius 2 is 1.48 bits per heavy atom. The number of nitrogens with zero attached hydrogens (tertiary/aromatic N) is 1. The summed E-state index contributed by atoms with van der Waals surface area (Å²) in [6.07, 6.45) is 2.67. The van der Waals surface area contributed by atoms with Crippen molar-refractivity contribution in [2.45, 2.75) is 25.4 Å². The summed E-state index contributed by atoms with van der Waals surface area (Å²) in [5.74, 6) is 0. The van der Waals surface area contributed by atoms with Gasteiger partial charge in [0.1, 0.15) is 0 Å². The molecule has 1 atom stereocenters. The molecule has 3 rings (SSSR count). The number of nitrogens with one attached hydrogen (secondary N) is 1. The van der Waals surface area contributed by atoms with Gasteiger partial charge in [-0.1, -0.05) is 60.7 Å². The fourth-order valence-electron chi connectivity index (χ4n) is 3.14. The lowest BCUT2D eigenvalue weighted by molar-refractivity contribution is 0.238. The predicted molar refractivity (Wildman–Crippen MR) is 88.1 cm³/mol. The lowest BCUT2D eigenvalue weighted by Crippen LogP contribution is -2.34. The summed E-state index contributed by atoms with van der Waals surface area (Å²) in [5, 5.41) is 3.64. The van der Waals surface area contributed by atoms with Crippen molar-refractivity contribution in [2.75, 3.05) is 19.6 Å². The van der Waals surface area contributed by atoms with Gasteiger partial charge in [-0.3, -0.25) is 4.90 Å². The second kappa shape index (κ2) is 7.39. The van der Waals surface area contributed by atoms with Gasteiger partial charge in [0.25, 0.3) is 0 Å². The van der Waals surface area contributed by atoms with E-state index >= 15 is 0 Å². The summed E-state index contributed by atoms with van der Waals surface area (Å²) in [4.78, 5) is 2.62. The van der Waals surface area contributed by atoms with Crippen LogP contribution in [0.5, 0.6) is 0 Å². The maximum absolute atomic E-state index is 3.64. The largest absolute Gasteiger partial charge is 0.311 e. The number of hydrogen-bond donors (Lipinski definition) is 1. The lowest BCUT2D eigenvalue weighted by Gasteiger charge is -2.28. The van der Waals surface area contributed by atoms with Gasteiger partial charge in [-0.05, 0) is 37.1 Å². The van der Waals surface area contributed by atoms with Gasteiger partial charge in [0.15, 0.2) is 0 Å². The van der Waals surface area contributed by atoms with Gasteiger partial charge in [-0.15, -0.1) is 0 Å². The van der Waals surface area contributed by atoms with Crippen molar-refractivity contribution in [3.63, 3.8) is 0 Å². The van der Waals surface area contributed by atoms with Crippen LogP contribution in [-0.2, 0) is 6.54 Å². The van der Waals surface area contributed by atoms with E-state index in [-0.39, 0.29) is 0 Å². The molecule has 1 aliphatic heterocycles. The van der Waals surface area contributed by atoms with Gasteiger partial charge < -0.3 is 5.32 Å². The van der Waals surface area contributed by atoms with Gasteiger partial charge >= 0.3 is 0 Å². The first-order chi connectivity index (χ1) is 10.4. The van der Waals surface area contributed by atoms with Crippen LogP contribution in [0, 0.1) is 0 Å². The summed E-state index contributed by atoms with van der Waals surface area (Å²) < 4.78 is 0. The first-order valence-electron chi connectivity index (χ1n) is 7.97. The fourth-order valence-corrected chi connectivity index (χ4v) is 3.14. The summed E-state index contributed by atoms with van der Waals surface area (Å²) in [5.41, 5.74) is 2.78. The molecule has 2 aromatic carbocycles. The molecule has 0 saturated carbocycles. The highest BCUT2D eigenvalue weighted by atomic mass is 15.2. The second-order valence-electron chi connectivity index (χ2n) is 5.79. The van der Waals surface area contributed by atoms with Crippen LogP contribution < -0.4 is 5.32 Å². The fraction of sp³-hybridized carbons (Fsp3) is 0.368. The maximum Gasteiger partial charge on any atom is 0.0472 e. The van der Waals surface area contributed by atoms with Crippen LogP contribution in [0.25, 0.3) is 0 Å². The molecule has 0 aromatic heterocycles. The second-order valence-corrected chi connectivity index (χ2v) is 5.79. The minimum absolute atomic E-state index is 0.498. The van der Waals surface area contributed by atoms with E-state index in [9.17, 15) is 0 Å². The van der Waals surface area contributed by atoms with Crippen molar-refractivity contribution < 1.29 is 0 Å². The third kappa shape index (κ3) is 3.93. The molecule has 1 heterocycles. The first kappa shape index (κ1) is 14.3. The summed E-state index contributed by atoms with van der Waals surface area (Å²) in [6, 6.07) is 22.0. The van der Waals surface area contributed by atoms with E-state index in [0.717, 1.165) is 13.1 Å². The third-order valence-electron chi connectivity index (χ3n) is 4.28. The van der Waals surface area contributed by atoms with E-state index in [4.69, 9.17) is 0 Å². The SMILES string of the molecule is c1ccc(CNC[C@H](c2ccccc2)N2CCCC2)cc1. The van der Waals surface area contributed by atoms with Gasteiger partial charge in [0.05, 0.1) is 0 Å². The molecule has 1 aliphatic rings. The van der Waals surface area contributed by atoms with Crippen molar-refractivity contribution in [2.24, 2.45) is 0 Å². The molecule has 0 radical (unpaired) electrons. The quantitative estimate of drug-likeness (QED) is 0.869. The molecule has 2 heteroatoms. The zero-order valence-electron chi connectivity index (χ0n) is 12.5. The molecular formula is C19H24N2. The molecule has 1 N–H and O–H groups in total. The highest BCUT2D eigenvalue weighted by Gasteiger charge is 2.22. The number of likely N-dealkylation sites (tertiary alicyclic amines) is 1. The molecule has 0 unspecified atom stereocenters. The van der Waals surface area contributed by atoms with Crippen molar-refractivity contribution in [3.05, 3.63) is 71.8 Å². The third-order valence-corrected chi connectivity index (χ3v) is 4.28. The highest BCUT2D eigenvalue weighted by Crippen LogP contribution is 2.24. The molecular weight excluding hydrogens is 256 g/mol. The molecule has 2 aromatic rings. The molecule has 0 bridgehead atoms. The van der Waals surface area contributed by atoms with Crippen LogP contribution in [0.2, 0.25) is 0 Å². The van der Waals surface area contributed by atoms with Crippen LogP contribution in [-0.4, -0.2) is 24.5 Å². The monoisotopic (exact) mass is 280 g/mol. The average Bonchev–Trinajstić information content (AvgIpc) is 3.07.